The lowest BCUT2D eigenvalue weighted by Gasteiger charge is -2.03. The largest absolute Gasteiger partial charge is 0.454 e. The van der Waals surface area contributed by atoms with Gasteiger partial charge in [0.1, 0.15) is 11.6 Å². The third-order valence-electron chi connectivity index (χ3n) is 3.13. The summed E-state index contributed by atoms with van der Waals surface area (Å²) in [7, 11) is 1.66. The van der Waals surface area contributed by atoms with E-state index in [0.29, 0.717) is 11.4 Å². The van der Waals surface area contributed by atoms with E-state index >= 15 is 0 Å². The molecule has 0 aliphatic heterocycles. The van der Waals surface area contributed by atoms with Crippen LogP contribution in [-0.2, 0) is 18.4 Å². The van der Waals surface area contributed by atoms with E-state index in [1.807, 2.05) is 24.3 Å². The van der Waals surface area contributed by atoms with E-state index < -0.39 is 5.97 Å². The van der Waals surface area contributed by atoms with E-state index in [1.165, 1.54) is 16.0 Å². The van der Waals surface area contributed by atoms with Crippen molar-refractivity contribution in [2.45, 2.75) is 13.5 Å². The number of aromatic nitrogens is 3. The first-order chi connectivity index (χ1) is 10.1. The van der Waals surface area contributed by atoms with Gasteiger partial charge in [-0.3, -0.25) is 4.68 Å². The van der Waals surface area contributed by atoms with Gasteiger partial charge in [0.05, 0.1) is 21.6 Å². The number of carbonyl (C=O) groups is 1. The normalized spacial score (nSPS) is 11.0. The Morgan fingerprint density at radius 1 is 1.43 bits per heavy atom. The zero-order valence-corrected chi connectivity index (χ0v) is 12.5. The van der Waals surface area contributed by atoms with Crippen molar-refractivity contribution in [1.29, 1.82) is 0 Å². The first-order valence-electron chi connectivity index (χ1n) is 6.37. The zero-order valence-electron chi connectivity index (χ0n) is 11.7. The number of para-hydroxylation sites is 1. The molecule has 108 valence electrons. The second kappa shape index (κ2) is 5.17. The maximum Gasteiger partial charge on any atom is 0.359 e. The van der Waals surface area contributed by atoms with Gasteiger partial charge in [-0.05, 0) is 19.1 Å². The van der Waals surface area contributed by atoms with Crippen molar-refractivity contribution in [1.82, 2.24) is 14.8 Å². The van der Waals surface area contributed by atoms with Crippen LogP contribution in [0.15, 0.2) is 24.3 Å². The minimum atomic E-state index is -0.491. The van der Waals surface area contributed by atoms with E-state index in [4.69, 9.17) is 10.5 Å². The third kappa shape index (κ3) is 2.47. The van der Waals surface area contributed by atoms with E-state index in [-0.39, 0.29) is 12.3 Å². The van der Waals surface area contributed by atoms with Crippen molar-refractivity contribution in [3.63, 3.8) is 0 Å². The van der Waals surface area contributed by atoms with Gasteiger partial charge in [-0.2, -0.15) is 5.10 Å². The smallest absolute Gasteiger partial charge is 0.359 e. The number of thiazole rings is 1. The van der Waals surface area contributed by atoms with Gasteiger partial charge >= 0.3 is 5.97 Å². The number of hydrogen-bond acceptors (Lipinski definition) is 6. The Kier molecular flexibility index (Phi) is 3.34. The van der Waals surface area contributed by atoms with Crippen molar-refractivity contribution in [2.24, 2.45) is 7.05 Å². The SMILES string of the molecule is Cc1nn(C)c(C(=O)OCc2nc3ccccc3s2)c1N. The predicted octanol–water partition coefficient (Wildman–Crippen LogP) is 2.28. The Labute approximate surface area is 125 Å². The molecule has 7 heteroatoms. The summed E-state index contributed by atoms with van der Waals surface area (Å²) in [6.07, 6.45) is 0. The van der Waals surface area contributed by atoms with Gasteiger partial charge in [0, 0.05) is 7.05 Å². The quantitative estimate of drug-likeness (QED) is 0.750. The molecule has 0 aliphatic rings. The molecule has 0 saturated carbocycles. The molecule has 1 aromatic carbocycles. The van der Waals surface area contributed by atoms with Crippen LogP contribution in [0.3, 0.4) is 0 Å². The molecular weight excluding hydrogens is 288 g/mol. The Hall–Kier alpha value is -2.41. The average molecular weight is 302 g/mol. The van der Waals surface area contributed by atoms with Gasteiger partial charge in [0.15, 0.2) is 5.69 Å². The van der Waals surface area contributed by atoms with Gasteiger partial charge in [-0.1, -0.05) is 12.1 Å². The number of benzene rings is 1. The molecule has 0 unspecified atom stereocenters. The van der Waals surface area contributed by atoms with Crippen molar-refractivity contribution in [2.75, 3.05) is 5.73 Å². The number of fused-ring (bicyclic) bond motifs is 1. The maximum atomic E-state index is 12.1. The first kappa shape index (κ1) is 13.6. The standard InChI is InChI=1S/C14H14N4O2S/c1-8-12(15)13(18(2)17-8)14(19)20-7-11-16-9-5-3-4-6-10(9)21-11/h3-6H,7,15H2,1-2H3. The van der Waals surface area contributed by atoms with Gasteiger partial charge in [-0.15, -0.1) is 11.3 Å². The number of esters is 1. The summed E-state index contributed by atoms with van der Waals surface area (Å²) in [5, 5.41) is 4.85. The third-order valence-corrected chi connectivity index (χ3v) is 4.14. The second-order valence-corrected chi connectivity index (χ2v) is 5.74. The van der Waals surface area contributed by atoms with E-state index in [0.717, 1.165) is 15.2 Å². The summed E-state index contributed by atoms with van der Waals surface area (Å²) in [6.45, 7) is 1.88. The van der Waals surface area contributed by atoms with Crippen molar-refractivity contribution >= 4 is 33.2 Å². The second-order valence-electron chi connectivity index (χ2n) is 4.62. The predicted molar refractivity (Wildman–Crippen MR) is 81.1 cm³/mol. The molecule has 0 saturated heterocycles. The molecule has 0 fully saturated rings. The van der Waals surface area contributed by atoms with Gasteiger partial charge in [-0.25, -0.2) is 9.78 Å². The van der Waals surface area contributed by atoms with Crippen LogP contribution in [0, 0.1) is 6.92 Å². The summed E-state index contributed by atoms with van der Waals surface area (Å²) in [5.41, 5.74) is 7.98. The molecule has 0 bridgehead atoms. The lowest BCUT2D eigenvalue weighted by atomic mass is 10.3. The van der Waals surface area contributed by atoms with Crippen LogP contribution >= 0.6 is 11.3 Å². The fourth-order valence-electron chi connectivity index (χ4n) is 2.09. The van der Waals surface area contributed by atoms with Crippen LogP contribution in [0.5, 0.6) is 0 Å². The minimum Gasteiger partial charge on any atom is -0.454 e. The number of hydrogen-bond donors (Lipinski definition) is 1. The number of nitrogen functional groups attached to an aromatic ring is 1. The molecule has 21 heavy (non-hydrogen) atoms. The fourth-order valence-corrected chi connectivity index (χ4v) is 2.97. The Morgan fingerprint density at radius 3 is 2.86 bits per heavy atom. The highest BCUT2D eigenvalue weighted by Gasteiger charge is 2.19. The monoisotopic (exact) mass is 302 g/mol. The molecule has 3 aromatic rings. The van der Waals surface area contributed by atoms with Crippen LogP contribution in [-0.4, -0.2) is 20.7 Å². The summed E-state index contributed by atoms with van der Waals surface area (Å²) in [6, 6.07) is 7.80. The maximum absolute atomic E-state index is 12.1. The summed E-state index contributed by atoms with van der Waals surface area (Å²) < 4.78 is 7.79. The van der Waals surface area contributed by atoms with Crippen molar-refractivity contribution in [3.8, 4) is 0 Å². The number of nitrogens with zero attached hydrogens (tertiary/aromatic N) is 3. The number of ether oxygens (including phenoxy) is 1. The molecule has 6 nitrogen and oxygen atoms in total. The van der Waals surface area contributed by atoms with Gasteiger partial charge < -0.3 is 10.5 Å². The number of rotatable bonds is 3. The lowest BCUT2D eigenvalue weighted by molar-refractivity contribution is 0.0461. The van der Waals surface area contributed by atoms with Crippen molar-refractivity contribution in [3.05, 3.63) is 40.7 Å². The Balaban J connectivity index is 1.76. The van der Waals surface area contributed by atoms with Crippen LogP contribution in [0.1, 0.15) is 21.2 Å². The highest BCUT2D eigenvalue weighted by Crippen LogP contribution is 2.23. The highest BCUT2D eigenvalue weighted by molar-refractivity contribution is 7.18. The minimum absolute atomic E-state index is 0.127. The Bertz CT molecular complexity index is 789. The topological polar surface area (TPSA) is 83.0 Å². The first-order valence-corrected chi connectivity index (χ1v) is 7.18. The Morgan fingerprint density at radius 2 is 2.19 bits per heavy atom. The molecule has 0 spiro atoms. The van der Waals surface area contributed by atoms with Gasteiger partial charge in [0.25, 0.3) is 0 Å². The molecule has 2 aromatic heterocycles. The fraction of sp³-hybridized carbons (Fsp3) is 0.214. The van der Waals surface area contributed by atoms with E-state index in [2.05, 4.69) is 10.1 Å². The molecule has 0 aliphatic carbocycles. The number of aryl methyl sites for hydroxylation is 2. The van der Waals surface area contributed by atoms with Crippen molar-refractivity contribution < 1.29 is 9.53 Å². The summed E-state index contributed by atoms with van der Waals surface area (Å²) in [5.74, 6) is -0.491. The summed E-state index contributed by atoms with van der Waals surface area (Å²) >= 11 is 1.51. The molecule has 3 rings (SSSR count). The highest BCUT2D eigenvalue weighted by atomic mass is 32.1. The number of anilines is 1. The zero-order chi connectivity index (χ0) is 15.0. The lowest BCUT2D eigenvalue weighted by Crippen LogP contribution is -2.12. The molecule has 0 amide bonds. The van der Waals surface area contributed by atoms with Crippen LogP contribution in [0.25, 0.3) is 10.2 Å². The van der Waals surface area contributed by atoms with E-state index in [9.17, 15) is 4.79 Å². The van der Waals surface area contributed by atoms with Gasteiger partial charge in [0.2, 0.25) is 0 Å². The van der Waals surface area contributed by atoms with E-state index in [1.54, 1.807) is 14.0 Å². The summed E-state index contributed by atoms with van der Waals surface area (Å²) in [4.78, 5) is 16.5. The molecule has 2 heterocycles. The molecule has 2 N–H and O–H groups in total. The van der Waals surface area contributed by atoms with Crippen LogP contribution in [0.4, 0.5) is 5.69 Å². The number of nitrogens with two attached hydrogens (primary N) is 1. The molecule has 0 atom stereocenters. The molecular formula is C14H14N4O2S. The number of carbonyl (C=O) groups excluding carboxylic acids is 1. The average Bonchev–Trinajstić information content (AvgIpc) is 2.97. The van der Waals surface area contributed by atoms with Crippen LogP contribution < -0.4 is 5.73 Å². The molecule has 0 radical (unpaired) electrons. The van der Waals surface area contributed by atoms with Crippen LogP contribution in [0.2, 0.25) is 0 Å².